The molecule has 11 nitrogen and oxygen atoms in total. The summed E-state index contributed by atoms with van der Waals surface area (Å²) in [5.74, 6) is 0.680. The number of rotatable bonds is 8. The van der Waals surface area contributed by atoms with Gasteiger partial charge in [-0.2, -0.15) is 13.2 Å². The SMILES string of the molecule is CCC1[C@H](OC)C(NC(=O)c2cc(Oc3ccc4[nH]c(Nc5ccc(C(F)(F)F)cc5)nc4c3)ccn2)CCN1C(=O)O. The van der Waals surface area contributed by atoms with Crippen molar-refractivity contribution in [3.8, 4) is 11.5 Å². The second-order valence-corrected chi connectivity index (χ2v) is 9.96. The number of hydrogen-bond donors (Lipinski definition) is 4. The Bertz CT molecular complexity index is 1610. The van der Waals surface area contributed by atoms with Gasteiger partial charge in [0.05, 0.1) is 34.8 Å². The summed E-state index contributed by atoms with van der Waals surface area (Å²) in [7, 11) is 1.49. The summed E-state index contributed by atoms with van der Waals surface area (Å²) in [5, 5.41) is 15.4. The second kappa shape index (κ2) is 12.2. The molecule has 1 fully saturated rings. The number of fused-ring (bicyclic) bond motifs is 1. The third-order valence-corrected chi connectivity index (χ3v) is 7.24. The maximum atomic E-state index is 13.1. The average Bonchev–Trinajstić information content (AvgIpc) is 3.38. The van der Waals surface area contributed by atoms with E-state index < -0.39 is 41.9 Å². The van der Waals surface area contributed by atoms with Crippen molar-refractivity contribution in [1.82, 2.24) is 25.2 Å². The highest BCUT2D eigenvalue weighted by molar-refractivity contribution is 5.93. The predicted octanol–water partition coefficient (Wildman–Crippen LogP) is 5.79. The molecule has 3 atom stereocenters. The largest absolute Gasteiger partial charge is 0.465 e. The van der Waals surface area contributed by atoms with Crippen molar-refractivity contribution < 1.29 is 37.3 Å². The van der Waals surface area contributed by atoms with Crippen molar-refractivity contribution in [3.63, 3.8) is 0 Å². The number of methoxy groups -OCH3 is 1. The molecule has 0 bridgehead atoms. The molecule has 2 aromatic carbocycles. The van der Waals surface area contributed by atoms with E-state index >= 15 is 0 Å². The van der Waals surface area contributed by atoms with Crippen LogP contribution in [0.3, 0.4) is 0 Å². The summed E-state index contributed by atoms with van der Waals surface area (Å²) in [4.78, 5) is 37.7. The van der Waals surface area contributed by atoms with Crippen LogP contribution in [0.25, 0.3) is 11.0 Å². The van der Waals surface area contributed by atoms with Gasteiger partial charge in [0.1, 0.15) is 17.2 Å². The molecule has 3 heterocycles. The lowest BCUT2D eigenvalue weighted by atomic mass is 9.92. The number of anilines is 2. The van der Waals surface area contributed by atoms with Gasteiger partial charge in [0.15, 0.2) is 0 Å². The number of nitrogens with zero attached hydrogens (tertiary/aromatic N) is 3. The predicted molar refractivity (Wildman–Crippen MR) is 151 cm³/mol. The van der Waals surface area contributed by atoms with E-state index in [9.17, 15) is 27.9 Å². The van der Waals surface area contributed by atoms with Crippen LogP contribution in [0.15, 0.2) is 60.8 Å². The van der Waals surface area contributed by atoms with E-state index in [0.717, 1.165) is 12.1 Å². The number of hydrogen-bond acceptors (Lipinski definition) is 7. The molecule has 43 heavy (non-hydrogen) atoms. The van der Waals surface area contributed by atoms with Crippen LogP contribution in [0, 0.1) is 0 Å². The number of aromatic nitrogens is 3. The first kappa shape index (κ1) is 29.6. The average molecular weight is 599 g/mol. The third-order valence-electron chi connectivity index (χ3n) is 7.24. The number of nitrogens with one attached hydrogen (secondary N) is 3. The van der Waals surface area contributed by atoms with Gasteiger partial charge in [0.2, 0.25) is 5.95 Å². The van der Waals surface area contributed by atoms with Gasteiger partial charge in [-0.1, -0.05) is 6.92 Å². The Balaban J connectivity index is 1.25. The maximum absolute atomic E-state index is 13.1. The highest BCUT2D eigenvalue weighted by atomic mass is 19.4. The van der Waals surface area contributed by atoms with E-state index in [-0.39, 0.29) is 12.2 Å². The van der Waals surface area contributed by atoms with Gasteiger partial charge in [-0.15, -0.1) is 0 Å². The Labute approximate surface area is 244 Å². The smallest absolute Gasteiger partial charge is 0.416 e. The Morgan fingerprint density at radius 1 is 1.12 bits per heavy atom. The number of ether oxygens (including phenoxy) is 2. The Kier molecular flexibility index (Phi) is 8.39. The molecule has 2 amide bonds. The third kappa shape index (κ3) is 6.64. The minimum absolute atomic E-state index is 0.116. The summed E-state index contributed by atoms with van der Waals surface area (Å²) in [6, 6.07) is 12.0. The zero-order chi connectivity index (χ0) is 30.7. The fraction of sp³-hybridized carbons (Fsp3) is 0.310. The fourth-order valence-electron chi connectivity index (χ4n) is 5.18. The number of carbonyl (C=O) groups is 2. The molecule has 0 spiro atoms. The van der Waals surface area contributed by atoms with Gasteiger partial charge in [-0.25, -0.2) is 9.78 Å². The molecule has 0 aliphatic carbocycles. The number of likely N-dealkylation sites (tertiary alicyclic amines) is 1. The molecule has 5 rings (SSSR count). The van der Waals surface area contributed by atoms with Crippen molar-refractivity contribution in [2.24, 2.45) is 0 Å². The van der Waals surface area contributed by atoms with Gasteiger partial charge in [-0.3, -0.25) is 9.78 Å². The molecule has 14 heteroatoms. The molecule has 2 aromatic heterocycles. The summed E-state index contributed by atoms with van der Waals surface area (Å²) < 4.78 is 50.0. The quantitative estimate of drug-likeness (QED) is 0.200. The first-order valence-corrected chi connectivity index (χ1v) is 13.5. The lowest BCUT2D eigenvalue weighted by Gasteiger charge is -2.43. The summed E-state index contributed by atoms with van der Waals surface area (Å²) >= 11 is 0. The number of alkyl halides is 3. The number of H-pyrrole nitrogens is 1. The molecule has 4 aromatic rings. The Morgan fingerprint density at radius 2 is 1.86 bits per heavy atom. The van der Waals surface area contributed by atoms with Crippen molar-refractivity contribution >= 4 is 34.7 Å². The van der Waals surface area contributed by atoms with Crippen LogP contribution >= 0.6 is 0 Å². The number of halogens is 3. The molecule has 1 aliphatic rings. The molecule has 226 valence electrons. The van der Waals surface area contributed by atoms with Crippen LogP contribution in [0.4, 0.5) is 29.6 Å². The van der Waals surface area contributed by atoms with E-state index in [1.54, 1.807) is 24.3 Å². The first-order chi connectivity index (χ1) is 20.5. The van der Waals surface area contributed by atoms with E-state index in [4.69, 9.17) is 9.47 Å². The number of amides is 2. The lowest BCUT2D eigenvalue weighted by Crippen LogP contribution is -2.61. The van der Waals surface area contributed by atoms with Crippen molar-refractivity contribution in [3.05, 3.63) is 72.1 Å². The van der Waals surface area contributed by atoms with E-state index in [2.05, 4.69) is 25.6 Å². The van der Waals surface area contributed by atoms with Crippen LogP contribution in [0.1, 0.15) is 35.8 Å². The molecule has 2 unspecified atom stereocenters. The van der Waals surface area contributed by atoms with Crippen molar-refractivity contribution in [1.29, 1.82) is 0 Å². The van der Waals surface area contributed by atoms with Gasteiger partial charge in [0.25, 0.3) is 5.91 Å². The van der Waals surface area contributed by atoms with Crippen LogP contribution in [0.2, 0.25) is 0 Å². The molecular formula is C29H29F3N6O5. The highest BCUT2D eigenvalue weighted by Gasteiger charge is 2.40. The zero-order valence-corrected chi connectivity index (χ0v) is 23.2. The number of piperidine rings is 1. The molecule has 4 N–H and O–H groups in total. The van der Waals surface area contributed by atoms with Gasteiger partial charge < -0.3 is 35.1 Å². The molecule has 0 radical (unpaired) electrons. The summed E-state index contributed by atoms with van der Waals surface area (Å²) in [6.45, 7) is 2.14. The topological polar surface area (TPSA) is 142 Å². The highest BCUT2D eigenvalue weighted by Crippen LogP contribution is 2.31. The maximum Gasteiger partial charge on any atom is 0.416 e. The minimum atomic E-state index is -4.42. The number of pyridine rings is 1. The molecular weight excluding hydrogens is 569 g/mol. The summed E-state index contributed by atoms with van der Waals surface area (Å²) in [6.07, 6.45) is -3.59. The van der Waals surface area contributed by atoms with E-state index in [0.29, 0.717) is 47.0 Å². The van der Waals surface area contributed by atoms with Gasteiger partial charge in [0, 0.05) is 37.7 Å². The number of benzene rings is 2. The number of carbonyl (C=O) groups excluding carboxylic acids is 1. The summed E-state index contributed by atoms with van der Waals surface area (Å²) in [5.41, 5.74) is 1.02. The normalized spacial score (nSPS) is 18.8. The standard InChI is InChI=1S/C29H29F3N6O5/c1-3-24-25(42-2)21(11-13-38(24)28(40)41)35-26(39)23-15-19(10-12-33-23)43-18-8-9-20-22(14-18)37-27(36-20)34-17-6-4-16(5-7-17)29(30,31)32/h4-10,12,14-15,21,24-25H,3,11,13H2,1-2H3,(H,35,39)(H,40,41)(H2,34,36,37)/t21?,24?,25-/m1/s1. The Morgan fingerprint density at radius 3 is 2.53 bits per heavy atom. The van der Waals surface area contributed by atoms with Crippen molar-refractivity contribution in [2.45, 2.75) is 44.1 Å². The van der Waals surface area contributed by atoms with E-state index in [1.165, 1.54) is 36.4 Å². The van der Waals surface area contributed by atoms with Gasteiger partial charge >= 0.3 is 12.3 Å². The number of aromatic amines is 1. The monoisotopic (exact) mass is 598 g/mol. The number of carboxylic acid groups (broad SMARTS) is 1. The van der Waals surface area contributed by atoms with Crippen LogP contribution in [0.5, 0.6) is 11.5 Å². The molecule has 1 aliphatic heterocycles. The fourth-order valence-corrected chi connectivity index (χ4v) is 5.18. The molecule has 1 saturated heterocycles. The minimum Gasteiger partial charge on any atom is -0.465 e. The number of imidazole rings is 1. The molecule has 0 saturated carbocycles. The van der Waals surface area contributed by atoms with Gasteiger partial charge in [-0.05, 0) is 55.3 Å². The first-order valence-electron chi connectivity index (χ1n) is 13.5. The van der Waals surface area contributed by atoms with Crippen LogP contribution in [-0.2, 0) is 10.9 Å². The van der Waals surface area contributed by atoms with Crippen molar-refractivity contribution in [2.75, 3.05) is 19.0 Å². The van der Waals surface area contributed by atoms with Crippen LogP contribution < -0.4 is 15.4 Å². The zero-order valence-electron chi connectivity index (χ0n) is 23.2. The van der Waals surface area contributed by atoms with E-state index in [1.807, 2.05) is 6.92 Å². The Hall–Kier alpha value is -4.85. The lowest BCUT2D eigenvalue weighted by molar-refractivity contribution is -0.137. The van der Waals surface area contributed by atoms with Crippen LogP contribution in [-0.4, -0.2) is 68.8 Å². The second-order valence-electron chi connectivity index (χ2n) is 9.96.